The number of benzene rings is 1. The van der Waals surface area contributed by atoms with Crippen molar-refractivity contribution in [2.24, 2.45) is 4.99 Å². The highest BCUT2D eigenvalue weighted by Gasteiger charge is 2.28. The number of amidine groups is 1. The van der Waals surface area contributed by atoms with E-state index in [-0.39, 0.29) is 17.1 Å². The summed E-state index contributed by atoms with van der Waals surface area (Å²) in [7, 11) is 0. The van der Waals surface area contributed by atoms with E-state index in [1.54, 1.807) is 12.1 Å². The number of anilines is 1. The van der Waals surface area contributed by atoms with Crippen LogP contribution in [0.2, 0.25) is 0 Å². The van der Waals surface area contributed by atoms with Crippen molar-refractivity contribution in [3.63, 3.8) is 0 Å². The van der Waals surface area contributed by atoms with Crippen LogP contribution in [0.5, 0.6) is 0 Å². The van der Waals surface area contributed by atoms with Crippen LogP contribution in [0.1, 0.15) is 46.6 Å². The summed E-state index contributed by atoms with van der Waals surface area (Å²) in [5.41, 5.74) is 2.34. The number of piperazine rings is 1. The maximum Gasteiger partial charge on any atom is 0.272 e. The molecule has 8 nitrogen and oxygen atoms in total. The molecule has 1 aromatic carbocycles. The summed E-state index contributed by atoms with van der Waals surface area (Å²) in [6.45, 7) is 25.4. The van der Waals surface area contributed by atoms with Gasteiger partial charge in [0.25, 0.3) is 5.92 Å². The van der Waals surface area contributed by atoms with Gasteiger partial charge in [-0.15, -0.1) is 13.2 Å². The quantitative estimate of drug-likeness (QED) is 0.442. The molecular weight excluding hydrogens is 500 g/mol. The molecule has 2 aliphatic heterocycles. The average molecular weight is 544 g/mol. The monoisotopic (exact) mass is 543 g/mol. The standard InChI is InChI=1S/C24H31F2N7.C2H6.C2H4.CH2O/c1-16(2)30-21-12-18(13-27-21)33-10-8-32(9-11-33)14-17(3)31-23-19-6-5-7-20(24(4,25)26)22(19)28-15-29-23;3*1-2/h5-7,13,15,17H,1,8-12,14H2,2-4H3,(H,27,30)(H,28,29,31);1-2H3;1-2H2;1H2/t17-;;;/m0.../s1. The number of carbonyl (C=O) groups excluding carboxylic acids is 1. The van der Waals surface area contributed by atoms with Crippen LogP contribution in [0, 0.1) is 0 Å². The second-order valence-electron chi connectivity index (χ2n) is 8.92. The van der Waals surface area contributed by atoms with E-state index in [4.69, 9.17) is 4.79 Å². The van der Waals surface area contributed by atoms with E-state index in [1.165, 1.54) is 18.1 Å². The topological polar surface area (TPSA) is 85.8 Å². The van der Waals surface area contributed by atoms with Gasteiger partial charge in [0.15, 0.2) is 0 Å². The van der Waals surface area contributed by atoms with Gasteiger partial charge < -0.3 is 20.3 Å². The van der Waals surface area contributed by atoms with Crippen molar-refractivity contribution in [2.45, 2.75) is 53.0 Å². The summed E-state index contributed by atoms with van der Waals surface area (Å²) in [5.74, 6) is -1.43. The Bertz CT molecular complexity index is 1120. The van der Waals surface area contributed by atoms with E-state index in [0.717, 1.165) is 57.6 Å². The average Bonchev–Trinajstić information content (AvgIpc) is 3.39. The number of hydrogen-bond donors (Lipinski definition) is 2. The lowest BCUT2D eigenvalue weighted by atomic mass is 10.1. The molecule has 2 aromatic rings. The van der Waals surface area contributed by atoms with Crippen LogP contribution < -0.4 is 10.6 Å². The SMILES string of the molecule is C=C.C=C(C)NC1=NC=C(N2CCN(C[C@H](C)Nc3ncnc4c(C(C)(F)F)cccc34)CC2)C1.C=O.CC. The summed E-state index contributed by atoms with van der Waals surface area (Å²) < 4.78 is 28.0. The predicted octanol–water partition coefficient (Wildman–Crippen LogP) is 5.57. The van der Waals surface area contributed by atoms with Crippen molar-refractivity contribution in [2.75, 3.05) is 38.0 Å². The molecule has 1 aromatic heterocycles. The smallest absolute Gasteiger partial charge is 0.272 e. The Labute approximate surface area is 231 Å². The first-order valence-corrected chi connectivity index (χ1v) is 13.0. The number of para-hydroxylation sites is 1. The Hall–Kier alpha value is -3.66. The van der Waals surface area contributed by atoms with E-state index in [1.807, 2.05) is 33.8 Å². The largest absolute Gasteiger partial charge is 0.371 e. The zero-order valence-electron chi connectivity index (χ0n) is 23.9. The molecule has 2 N–H and O–H groups in total. The van der Waals surface area contributed by atoms with Crippen LogP contribution in [0.3, 0.4) is 0 Å². The van der Waals surface area contributed by atoms with Gasteiger partial charge in [-0.3, -0.25) is 4.90 Å². The normalized spacial score (nSPS) is 15.7. The minimum Gasteiger partial charge on any atom is -0.371 e. The van der Waals surface area contributed by atoms with Crippen molar-refractivity contribution in [1.29, 1.82) is 0 Å². The van der Waals surface area contributed by atoms with Crippen molar-refractivity contribution < 1.29 is 13.6 Å². The van der Waals surface area contributed by atoms with Crippen molar-refractivity contribution in [3.05, 3.63) is 67.4 Å². The number of rotatable bonds is 7. The van der Waals surface area contributed by atoms with Gasteiger partial charge in [0, 0.05) is 80.7 Å². The number of carbonyl (C=O) groups is 1. The molecular formula is C29H43F2N7O. The van der Waals surface area contributed by atoms with Crippen molar-refractivity contribution >= 4 is 29.3 Å². The van der Waals surface area contributed by atoms with Gasteiger partial charge in [0.05, 0.1) is 5.52 Å². The van der Waals surface area contributed by atoms with Crippen LogP contribution >= 0.6 is 0 Å². The number of nitrogens with zero attached hydrogens (tertiary/aromatic N) is 5. The molecule has 4 rings (SSSR count). The number of aliphatic imine (C=N–C) groups is 1. The molecule has 10 heteroatoms. The highest BCUT2D eigenvalue weighted by molar-refractivity contribution is 5.91. The fourth-order valence-corrected chi connectivity index (χ4v) is 4.37. The first kappa shape index (κ1) is 33.4. The minimum absolute atomic E-state index is 0.0824. The zero-order chi connectivity index (χ0) is 29.6. The first-order valence-electron chi connectivity index (χ1n) is 13.0. The maximum absolute atomic E-state index is 14.0. The fraction of sp³-hybridized carbons (Fsp3) is 0.448. The van der Waals surface area contributed by atoms with E-state index in [2.05, 4.69) is 62.1 Å². The molecule has 0 amide bonds. The minimum atomic E-state index is -2.96. The molecule has 1 saturated heterocycles. The van der Waals surface area contributed by atoms with Crippen LogP contribution in [0.15, 0.2) is 66.8 Å². The summed E-state index contributed by atoms with van der Waals surface area (Å²) in [6, 6.07) is 4.93. The van der Waals surface area contributed by atoms with Gasteiger partial charge in [0.2, 0.25) is 0 Å². The first-order chi connectivity index (χ1) is 18.7. The van der Waals surface area contributed by atoms with Crippen LogP contribution in [-0.2, 0) is 10.7 Å². The lowest BCUT2D eigenvalue weighted by molar-refractivity contribution is -0.0980. The third-order valence-electron chi connectivity index (χ3n) is 5.91. The highest BCUT2D eigenvalue weighted by Crippen LogP contribution is 2.33. The van der Waals surface area contributed by atoms with Gasteiger partial charge in [-0.25, -0.2) is 23.7 Å². The number of nitrogens with one attached hydrogen (secondary N) is 2. The van der Waals surface area contributed by atoms with E-state index < -0.39 is 5.92 Å². The summed E-state index contributed by atoms with van der Waals surface area (Å²) in [5, 5.41) is 7.21. The summed E-state index contributed by atoms with van der Waals surface area (Å²) in [4.78, 5) is 25.7. The lowest BCUT2D eigenvalue weighted by Crippen LogP contribution is -2.48. The zero-order valence-corrected chi connectivity index (χ0v) is 23.9. The van der Waals surface area contributed by atoms with E-state index in [0.29, 0.717) is 11.2 Å². The third kappa shape index (κ3) is 9.55. The molecule has 0 bridgehead atoms. The molecule has 1 fully saturated rings. The molecule has 0 radical (unpaired) electrons. The molecule has 0 spiro atoms. The predicted molar refractivity (Wildman–Crippen MR) is 158 cm³/mol. The molecule has 214 valence electrons. The molecule has 3 heterocycles. The van der Waals surface area contributed by atoms with Gasteiger partial charge in [-0.2, -0.15) is 0 Å². The van der Waals surface area contributed by atoms with E-state index >= 15 is 0 Å². The Morgan fingerprint density at radius 3 is 2.36 bits per heavy atom. The fourth-order valence-electron chi connectivity index (χ4n) is 4.37. The molecule has 0 aliphatic carbocycles. The molecule has 2 aliphatic rings. The third-order valence-corrected chi connectivity index (χ3v) is 5.91. The number of hydrogen-bond acceptors (Lipinski definition) is 8. The van der Waals surface area contributed by atoms with Gasteiger partial charge >= 0.3 is 0 Å². The number of aromatic nitrogens is 2. The summed E-state index contributed by atoms with van der Waals surface area (Å²) in [6.07, 6.45) is 4.10. The van der Waals surface area contributed by atoms with Crippen LogP contribution in [-0.4, -0.2) is 71.2 Å². The highest BCUT2D eigenvalue weighted by atomic mass is 19.3. The Kier molecular flexibility index (Phi) is 14.0. The second kappa shape index (κ2) is 16.3. The van der Waals surface area contributed by atoms with Crippen molar-refractivity contribution in [1.82, 2.24) is 25.1 Å². The Balaban J connectivity index is 0.00000119. The number of fused-ring (bicyclic) bond motifs is 1. The van der Waals surface area contributed by atoms with Crippen molar-refractivity contribution in [3.8, 4) is 0 Å². The van der Waals surface area contributed by atoms with Gasteiger partial charge in [-0.05, 0) is 19.9 Å². The molecule has 0 unspecified atom stereocenters. The molecule has 39 heavy (non-hydrogen) atoms. The number of halogens is 2. The Morgan fingerprint density at radius 1 is 1.13 bits per heavy atom. The Morgan fingerprint density at radius 2 is 1.77 bits per heavy atom. The van der Waals surface area contributed by atoms with Crippen LogP contribution in [0.4, 0.5) is 14.6 Å². The van der Waals surface area contributed by atoms with Gasteiger partial charge in [-0.1, -0.05) is 32.6 Å². The molecule has 0 saturated carbocycles. The van der Waals surface area contributed by atoms with Gasteiger partial charge in [0.1, 0.15) is 24.8 Å². The lowest BCUT2D eigenvalue weighted by Gasteiger charge is -2.37. The molecule has 1 atom stereocenters. The van der Waals surface area contributed by atoms with E-state index in [9.17, 15) is 8.78 Å². The second-order valence-corrected chi connectivity index (χ2v) is 8.92. The maximum atomic E-state index is 14.0. The number of allylic oxidation sites excluding steroid dienone is 1. The van der Waals surface area contributed by atoms with Crippen LogP contribution in [0.25, 0.3) is 10.9 Å². The number of alkyl halides is 2. The summed E-state index contributed by atoms with van der Waals surface area (Å²) >= 11 is 0.